The number of aliphatic hydroxyl groups is 2. The van der Waals surface area contributed by atoms with Gasteiger partial charge >= 0.3 is 35.1 Å². The third-order valence-electron chi connectivity index (χ3n) is 7.73. The predicted octanol–water partition coefficient (Wildman–Crippen LogP) is 4.59. The summed E-state index contributed by atoms with van der Waals surface area (Å²) in [6.07, 6.45) is -10.1. The number of nitrogens with zero attached hydrogens (tertiary/aromatic N) is 3. The van der Waals surface area contributed by atoms with E-state index in [0.717, 1.165) is 33.5 Å². The standard InChI is InChI=1S/C29H27F3N3O13P3/c30-29(31,32)20-9-4-7-18(13-20)22-14-35-24(33-22)11-12-34(28(35)38)27-26(37)25(36)23(46-27)15-45-50(41,42)48-51(43,44)47-49(39,40)16-19-8-3-6-17-5-1-2-10-21(17)19/h1-14,23,25-27,36-37H,15-16H2,(H,39,40)(H,41,42)(H,43,44)/t23-,25?,26+,27-/m1/s1. The molecule has 4 unspecified atom stereocenters. The van der Waals surface area contributed by atoms with E-state index in [4.69, 9.17) is 4.74 Å². The third-order valence-corrected chi connectivity index (χ3v) is 12.4. The molecule has 272 valence electrons. The number of halogens is 3. The van der Waals surface area contributed by atoms with Gasteiger partial charge in [0.05, 0.1) is 24.0 Å². The Kier molecular flexibility index (Phi) is 10.1. The lowest BCUT2D eigenvalue weighted by Crippen LogP contribution is -2.36. The van der Waals surface area contributed by atoms with Crippen LogP contribution in [0.4, 0.5) is 13.2 Å². The SMILES string of the molecule is O=c1n([C@@H]2O[C@H](COP(=O)(O)OP(=O)(O)OP(=O)(O)Cc3cccc4ccccc34)C(O)[C@@H]2O)ccc2nc(-c3cccc(C(F)(F)F)c3)cn12. The summed E-state index contributed by atoms with van der Waals surface area (Å²) in [5, 5.41) is 22.4. The average molecular weight is 775 g/mol. The third kappa shape index (κ3) is 8.26. The first kappa shape index (κ1) is 37.2. The smallest absolute Gasteiger partial charge is 0.387 e. The lowest BCUT2D eigenvalue weighted by atomic mass is 10.1. The zero-order valence-corrected chi connectivity index (χ0v) is 28.3. The lowest BCUT2D eigenvalue weighted by Gasteiger charge is -2.20. The largest absolute Gasteiger partial charge is 0.488 e. The Morgan fingerprint density at radius 2 is 1.59 bits per heavy atom. The van der Waals surface area contributed by atoms with Gasteiger partial charge in [-0.1, -0.05) is 54.6 Å². The molecule has 5 aromatic rings. The molecule has 0 bridgehead atoms. The summed E-state index contributed by atoms with van der Waals surface area (Å²) >= 11 is 0. The van der Waals surface area contributed by atoms with E-state index in [0.29, 0.717) is 10.8 Å². The van der Waals surface area contributed by atoms with Crippen molar-refractivity contribution in [3.05, 3.63) is 107 Å². The van der Waals surface area contributed by atoms with Gasteiger partial charge in [-0.25, -0.2) is 23.2 Å². The zero-order chi connectivity index (χ0) is 36.9. The molecule has 22 heteroatoms. The fourth-order valence-corrected chi connectivity index (χ4v) is 9.64. The van der Waals surface area contributed by atoms with Crippen molar-refractivity contribution >= 4 is 39.7 Å². The van der Waals surface area contributed by atoms with Gasteiger partial charge in [0.25, 0.3) is 0 Å². The van der Waals surface area contributed by atoms with Crippen LogP contribution >= 0.6 is 23.2 Å². The van der Waals surface area contributed by atoms with Crippen LogP contribution in [0.1, 0.15) is 17.4 Å². The van der Waals surface area contributed by atoms with E-state index in [2.05, 4.69) is 18.1 Å². The summed E-state index contributed by atoms with van der Waals surface area (Å²) < 4.78 is 97.9. The number of rotatable bonds is 11. The molecule has 1 fully saturated rings. The molecule has 7 atom stereocenters. The minimum atomic E-state index is -5.76. The van der Waals surface area contributed by atoms with Gasteiger partial charge < -0.3 is 29.6 Å². The predicted molar refractivity (Wildman–Crippen MR) is 171 cm³/mol. The highest BCUT2D eigenvalue weighted by molar-refractivity contribution is 7.68. The minimum Gasteiger partial charge on any atom is -0.387 e. The van der Waals surface area contributed by atoms with Crippen molar-refractivity contribution in [3.8, 4) is 11.3 Å². The van der Waals surface area contributed by atoms with E-state index in [-0.39, 0.29) is 22.5 Å². The molecule has 2 aromatic heterocycles. The molecule has 0 amide bonds. The molecule has 5 N–H and O–H groups in total. The molecule has 51 heavy (non-hydrogen) atoms. The molecule has 3 heterocycles. The number of ether oxygens (including phenoxy) is 1. The van der Waals surface area contributed by atoms with Gasteiger partial charge in [0.2, 0.25) is 0 Å². The fourth-order valence-electron chi connectivity index (χ4n) is 5.46. The lowest BCUT2D eigenvalue weighted by molar-refractivity contribution is -0.137. The van der Waals surface area contributed by atoms with E-state index in [1.54, 1.807) is 36.4 Å². The van der Waals surface area contributed by atoms with Crippen LogP contribution in [0, 0.1) is 0 Å². The molecule has 1 saturated heterocycles. The Morgan fingerprint density at radius 3 is 2.33 bits per heavy atom. The summed E-state index contributed by atoms with van der Waals surface area (Å²) in [6.45, 7) is -1.07. The summed E-state index contributed by atoms with van der Waals surface area (Å²) in [5.74, 6) is 0. The molecule has 1 aliphatic heterocycles. The molecule has 0 spiro atoms. The van der Waals surface area contributed by atoms with Gasteiger partial charge in [0, 0.05) is 18.0 Å². The van der Waals surface area contributed by atoms with Crippen LogP contribution in [0.5, 0.6) is 0 Å². The first-order valence-electron chi connectivity index (χ1n) is 14.6. The Balaban J connectivity index is 1.11. The first-order chi connectivity index (χ1) is 23.8. The van der Waals surface area contributed by atoms with Crippen LogP contribution in [0.2, 0.25) is 0 Å². The number of phosphoric ester groups is 1. The van der Waals surface area contributed by atoms with Crippen LogP contribution < -0.4 is 5.69 Å². The second-order valence-electron chi connectivity index (χ2n) is 11.3. The van der Waals surface area contributed by atoms with Crippen LogP contribution in [0.3, 0.4) is 0 Å². The van der Waals surface area contributed by atoms with Crippen molar-refractivity contribution < 1.29 is 69.6 Å². The van der Waals surface area contributed by atoms with Crippen LogP contribution in [-0.2, 0) is 43.9 Å². The maximum absolute atomic E-state index is 13.3. The van der Waals surface area contributed by atoms with Crippen LogP contribution in [-0.4, -0.2) is 63.8 Å². The fraction of sp³-hybridized carbons (Fsp3) is 0.241. The normalized spacial score (nSPS) is 23.2. The highest BCUT2D eigenvalue weighted by Crippen LogP contribution is 2.68. The number of fused-ring (bicyclic) bond motifs is 2. The van der Waals surface area contributed by atoms with E-state index >= 15 is 0 Å². The molecule has 16 nitrogen and oxygen atoms in total. The highest BCUT2D eigenvalue weighted by Gasteiger charge is 2.47. The van der Waals surface area contributed by atoms with E-state index in [1.165, 1.54) is 24.3 Å². The molecule has 1 aliphatic rings. The van der Waals surface area contributed by atoms with E-state index < -0.39 is 78.0 Å². The van der Waals surface area contributed by atoms with E-state index in [9.17, 15) is 56.6 Å². The molecular formula is C29H27F3N3O13P3. The van der Waals surface area contributed by atoms with Crippen molar-refractivity contribution in [3.63, 3.8) is 0 Å². The maximum Gasteiger partial charge on any atom is 0.488 e. The number of phosphoric acid groups is 2. The van der Waals surface area contributed by atoms with Crippen molar-refractivity contribution in [1.82, 2.24) is 14.0 Å². The molecule has 0 saturated carbocycles. The Hall–Kier alpha value is -3.54. The van der Waals surface area contributed by atoms with Crippen molar-refractivity contribution in [2.75, 3.05) is 6.61 Å². The molecule has 3 aromatic carbocycles. The number of hydrogen-bond donors (Lipinski definition) is 5. The van der Waals surface area contributed by atoms with Gasteiger partial charge in [0.1, 0.15) is 24.0 Å². The Bertz CT molecular complexity index is 2310. The minimum absolute atomic E-state index is 0.0186. The highest BCUT2D eigenvalue weighted by atomic mass is 31.3. The first-order valence-corrected chi connectivity index (χ1v) is 19.4. The molecule has 6 rings (SSSR count). The number of benzene rings is 3. The number of hydrogen-bond acceptors (Lipinski definition) is 11. The van der Waals surface area contributed by atoms with Crippen LogP contribution in [0.15, 0.2) is 90.0 Å². The Morgan fingerprint density at radius 1 is 0.882 bits per heavy atom. The monoisotopic (exact) mass is 775 g/mol. The van der Waals surface area contributed by atoms with Crippen molar-refractivity contribution in [1.29, 1.82) is 0 Å². The number of alkyl halides is 3. The van der Waals surface area contributed by atoms with Gasteiger partial charge in [-0.05, 0) is 34.5 Å². The molecule has 0 radical (unpaired) electrons. The van der Waals surface area contributed by atoms with Crippen molar-refractivity contribution in [2.24, 2.45) is 0 Å². The average Bonchev–Trinajstić information content (AvgIpc) is 3.60. The number of aromatic nitrogens is 3. The Labute approximate surface area is 284 Å². The zero-order valence-electron chi connectivity index (χ0n) is 25.6. The quantitative estimate of drug-likeness (QED) is 0.116. The summed E-state index contributed by atoms with van der Waals surface area (Å²) in [7, 11) is -16.3. The van der Waals surface area contributed by atoms with Gasteiger partial charge in [0.15, 0.2) is 6.23 Å². The van der Waals surface area contributed by atoms with Gasteiger partial charge in [-0.2, -0.15) is 17.5 Å². The van der Waals surface area contributed by atoms with Gasteiger partial charge in [-0.3, -0.25) is 18.1 Å². The van der Waals surface area contributed by atoms with Crippen molar-refractivity contribution in [2.45, 2.75) is 36.9 Å². The summed E-state index contributed by atoms with van der Waals surface area (Å²) in [6, 6.07) is 17.1. The second-order valence-corrected chi connectivity index (χ2v) is 16.3. The maximum atomic E-state index is 13.3. The number of imidazole rings is 1. The van der Waals surface area contributed by atoms with E-state index in [1.807, 2.05) is 0 Å². The summed E-state index contributed by atoms with van der Waals surface area (Å²) in [5.41, 5.74) is -1.46. The summed E-state index contributed by atoms with van der Waals surface area (Å²) in [4.78, 5) is 47.9. The molecule has 0 aliphatic carbocycles. The number of aliphatic hydroxyl groups excluding tert-OH is 2. The van der Waals surface area contributed by atoms with Crippen LogP contribution in [0.25, 0.3) is 27.7 Å². The second kappa shape index (κ2) is 13.8. The molecular weight excluding hydrogens is 748 g/mol. The van der Waals surface area contributed by atoms with Gasteiger partial charge in [-0.15, -0.1) is 0 Å². The topological polar surface area (TPSA) is 229 Å².